The van der Waals surface area contributed by atoms with Crippen molar-refractivity contribution in [3.63, 3.8) is 0 Å². The fraction of sp³-hybridized carbons (Fsp3) is 0.0714. The third-order valence-corrected chi connectivity index (χ3v) is 3.64. The molecule has 1 aromatic carbocycles. The Morgan fingerprint density at radius 3 is 2.80 bits per heavy atom. The molecule has 3 rings (SSSR count). The summed E-state index contributed by atoms with van der Waals surface area (Å²) in [7, 11) is 0. The van der Waals surface area contributed by atoms with Gasteiger partial charge in [-0.25, -0.2) is 4.39 Å². The van der Waals surface area contributed by atoms with Crippen LogP contribution in [0.25, 0.3) is 21.6 Å². The van der Waals surface area contributed by atoms with E-state index in [1.165, 1.54) is 23.5 Å². The quantitative estimate of drug-likeness (QED) is 0.746. The van der Waals surface area contributed by atoms with E-state index in [4.69, 9.17) is 0 Å². The SMILES string of the molecule is C=CCNc1nc2nnc(-c3ccc(F)cc3)cc2s1. The number of benzene rings is 1. The molecular weight excluding hydrogens is 275 g/mol. The van der Waals surface area contributed by atoms with Crippen LogP contribution in [0.3, 0.4) is 0 Å². The molecule has 2 aromatic heterocycles. The van der Waals surface area contributed by atoms with Gasteiger partial charge in [0.25, 0.3) is 0 Å². The molecule has 100 valence electrons. The summed E-state index contributed by atoms with van der Waals surface area (Å²) < 4.78 is 13.9. The van der Waals surface area contributed by atoms with E-state index in [1.54, 1.807) is 18.2 Å². The molecule has 0 aliphatic carbocycles. The number of nitrogens with zero attached hydrogens (tertiary/aromatic N) is 3. The number of hydrogen-bond donors (Lipinski definition) is 1. The van der Waals surface area contributed by atoms with Crippen LogP contribution in [0.15, 0.2) is 43.0 Å². The minimum absolute atomic E-state index is 0.267. The smallest absolute Gasteiger partial charge is 0.194 e. The van der Waals surface area contributed by atoms with Gasteiger partial charge >= 0.3 is 0 Å². The molecular formula is C14H11FN4S. The summed E-state index contributed by atoms with van der Waals surface area (Å²) in [5, 5.41) is 12.1. The summed E-state index contributed by atoms with van der Waals surface area (Å²) in [5.41, 5.74) is 2.14. The molecule has 0 unspecified atom stereocenters. The Hall–Kier alpha value is -2.34. The molecule has 0 spiro atoms. The van der Waals surface area contributed by atoms with Gasteiger partial charge in [-0.2, -0.15) is 4.98 Å². The molecule has 0 atom stereocenters. The second-order valence-corrected chi connectivity index (χ2v) is 5.14. The number of fused-ring (bicyclic) bond motifs is 1. The molecule has 0 aliphatic heterocycles. The van der Waals surface area contributed by atoms with E-state index in [1.807, 2.05) is 6.07 Å². The predicted octanol–water partition coefficient (Wildman–Crippen LogP) is 3.49. The maximum atomic E-state index is 12.9. The van der Waals surface area contributed by atoms with Crippen LogP contribution < -0.4 is 5.32 Å². The zero-order valence-corrected chi connectivity index (χ0v) is 11.3. The van der Waals surface area contributed by atoms with Crippen molar-refractivity contribution >= 4 is 26.8 Å². The van der Waals surface area contributed by atoms with Gasteiger partial charge in [-0.15, -0.1) is 16.8 Å². The Kier molecular flexibility index (Phi) is 3.39. The second-order valence-electron chi connectivity index (χ2n) is 4.11. The maximum Gasteiger partial charge on any atom is 0.194 e. The zero-order chi connectivity index (χ0) is 13.9. The lowest BCUT2D eigenvalue weighted by atomic mass is 10.1. The molecule has 0 saturated heterocycles. The maximum absolute atomic E-state index is 12.9. The molecule has 3 aromatic rings. The average molecular weight is 286 g/mol. The number of halogens is 1. The van der Waals surface area contributed by atoms with Crippen molar-refractivity contribution in [2.45, 2.75) is 0 Å². The van der Waals surface area contributed by atoms with Crippen molar-refractivity contribution in [2.24, 2.45) is 0 Å². The number of hydrogen-bond acceptors (Lipinski definition) is 5. The number of rotatable bonds is 4. The van der Waals surface area contributed by atoms with E-state index in [9.17, 15) is 4.39 Å². The largest absolute Gasteiger partial charge is 0.358 e. The Morgan fingerprint density at radius 1 is 1.25 bits per heavy atom. The normalized spacial score (nSPS) is 10.7. The van der Waals surface area contributed by atoms with E-state index >= 15 is 0 Å². The first-order valence-corrected chi connectivity index (χ1v) is 6.83. The third-order valence-electron chi connectivity index (χ3n) is 2.69. The number of aromatic nitrogens is 3. The summed E-state index contributed by atoms with van der Waals surface area (Å²) in [5.74, 6) is -0.267. The summed E-state index contributed by atoms with van der Waals surface area (Å²) in [6.45, 7) is 4.30. The van der Waals surface area contributed by atoms with Gasteiger partial charge in [0, 0.05) is 12.1 Å². The first kappa shape index (κ1) is 12.7. The third kappa shape index (κ3) is 2.50. The van der Waals surface area contributed by atoms with Crippen molar-refractivity contribution < 1.29 is 4.39 Å². The van der Waals surface area contributed by atoms with E-state index < -0.39 is 0 Å². The van der Waals surface area contributed by atoms with Crippen LogP contribution in [-0.2, 0) is 0 Å². The summed E-state index contributed by atoms with van der Waals surface area (Å²) in [6.07, 6.45) is 1.77. The molecule has 0 bridgehead atoms. The van der Waals surface area contributed by atoms with Crippen LogP contribution in [0.4, 0.5) is 9.52 Å². The van der Waals surface area contributed by atoms with Gasteiger partial charge in [0.05, 0.1) is 10.4 Å². The molecule has 4 nitrogen and oxygen atoms in total. The van der Waals surface area contributed by atoms with E-state index in [-0.39, 0.29) is 5.82 Å². The fourth-order valence-electron chi connectivity index (χ4n) is 1.74. The van der Waals surface area contributed by atoms with Gasteiger partial charge in [0.15, 0.2) is 10.8 Å². The number of anilines is 1. The topological polar surface area (TPSA) is 50.7 Å². The highest BCUT2D eigenvalue weighted by molar-refractivity contribution is 7.22. The number of nitrogens with one attached hydrogen (secondary N) is 1. The van der Waals surface area contributed by atoms with Crippen LogP contribution in [-0.4, -0.2) is 21.7 Å². The summed E-state index contributed by atoms with van der Waals surface area (Å²) in [4.78, 5) is 4.33. The second kappa shape index (κ2) is 5.34. The molecule has 0 saturated carbocycles. The Bertz CT molecular complexity index is 751. The lowest BCUT2D eigenvalue weighted by Crippen LogP contribution is -1.96. The summed E-state index contributed by atoms with van der Waals surface area (Å²) in [6, 6.07) is 8.09. The molecule has 1 N–H and O–H groups in total. The minimum Gasteiger partial charge on any atom is -0.358 e. The van der Waals surface area contributed by atoms with Gasteiger partial charge < -0.3 is 5.32 Å². The van der Waals surface area contributed by atoms with Crippen LogP contribution in [0, 0.1) is 5.82 Å². The average Bonchev–Trinajstić information content (AvgIpc) is 2.87. The first-order chi connectivity index (χ1) is 9.76. The van der Waals surface area contributed by atoms with Crippen LogP contribution >= 0.6 is 11.3 Å². The van der Waals surface area contributed by atoms with Crippen LogP contribution in [0.2, 0.25) is 0 Å². The highest BCUT2D eigenvalue weighted by atomic mass is 32.1. The minimum atomic E-state index is -0.267. The van der Waals surface area contributed by atoms with Crippen molar-refractivity contribution in [1.29, 1.82) is 0 Å². The van der Waals surface area contributed by atoms with Gasteiger partial charge in [-0.3, -0.25) is 0 Å². The Balaban J connectivity index is 1.97. The monoisotopic (exact) mass is 286 g/mol. The fourth-order valence-corrected chi connectivity index (χ4v) is 2.58. The van der Waals surface area contributed by atoms with E-state index in [0.29, 0.717) is 17.9 Å². The lowest BCUT2D eigenvalue weighted by Gasteiger charge is -1.98. The molecule has 0 aliphatic rings. The first-order valence-electron chi connectivity index (χ1n) is 6.01. The van der Waals surface area contributed by atoms with E-state index in [0.717, 1.165) is 15.4 Å². The van der Waals surface area contributed by atoms with Crippen molar-refractivity contribution in [3.8, 4) is 11.3 Å². The van der Waals surface area contributed by atoms with Gasteiger partial charge in [-0.05, 0) is 30.3 Å². The number of thiazole rings is 1. The van der Waals surface area contributed by atoms with Crippen molar-refractivity contribution in [1.82, 2.24) is 15.2 Å². The van der Waals surface area contributed by atoms with E-state index in [2.05, 4.69) is 27.1 Å². The molecule has 6 heteroatoms. The molecule has 2 heterocycles. The molecule has 0 fully saturated rings. The van der Waals surface area contributed by atoms with Gasteiger partial charge in [0.2, 0.25) is 0 Å². The lowest BCUT2D eigenvalue weighted by molar-refractivity contribution is 0.628. The standard InChI is InChI=1S/C14H11FN4S/c1-2-7-16-14-17-13-12(20-14)8-11(18-19-13)9-3-5-10(15)6-4-9/h2-6,8H,1,7H2,(H,16,17,19). The predicted molar refractivity (Wildman–Crippen MR) is 79.3 cm³/mol. The van der Waals surface area contributed by atoms with Crippen molar-refractivity contribution in [2.75, 3.05) is 11.9 Å². The molecule has 20 heavy (non-hydrogen) atoms. The molecule has 0 amide bonds. The molecule has 0 radical (unpaired) electrons. The highest BCUT2D eigenvalue weighted by Gasteiger charge is 2.08. The zero-order valence-electron chi connectivity index (χ0n) is 10.5. The van der Waals surface area contributed by atoms with Crippen LogP contribution in [0.1, 0.15) is 0 Å². The Morgan fingerprint density at radius 2 is 2.05 bits per heavy atom. The highest BCUT2D eigenvalue weighted by Crippen LogP contribution is 2.27. The van der Waals surface area contributed by atoms with Crippen LogP contribution in [0.5, 0.6) is 0 Å². The van der Waals surface area contributed by atoms with Gasteiger partial charge in [-0.1, -0.05) is 17.4 Å². The van der Waals surface area contributed by atoms with Crippen molar-refractivity contribution in [3.05, 3.63) is 48.8 Å². The summed E-state index contributed by atoms with van der Waals surface area (Å²) >= 11 is 1.50. The van der Waals surface area contributed by atoms with Gasteiger partial charge in [0.1, 0.15) is 5.82 Å². The Labute approximate surface area is 119 Å².